The Balaban J connectivity index is 2.34. The van der Waals surface area contributed by atoms with Gasteiger partial charge in [0.25, 0.3) is 0 Å². The van der Waals surface area contributed by atoms with Crippen LogP contribution in [0.3, 0.4) is 0 Å². The molecule has 1 saturated heterocycles. The topological polar surface area (TPSA) is 69.0 Å². The van der Waals surface area contributed by atoms with Gasteiger partial charge in [-0.15, -0.1) is 5.10 Å². The minimum Gasteiger partial charge on any atom is -0.464 e. The van der Waals surface area contributed by atoms with Crippen LogP contribution in [0.2, 0.25) is 0 Å². The normalized spacial score (nSPS) is 19.5. The number of carbonyl (C=O) groups is 1. The molecule has 1 fully saturated rings. The summed E-state index contributed by atoms with van der Waals surface area (Å²) in [6.45, 7) is 0.452. The fourth-order valence-corrected chi connectivity index (χ4v) is 2.07. The van der Waals surface area contributed by atoms with Crippen LogP contribution in [-0.4, -0.2) is 41.3 Å². The third-order valence-electron chi connectivity index (χ3n) is 2.84. The number of ether oxygens (including phenoxy) is 1. The number of hydrogen-bond donors (Lipinski definition) is 1. The number of hydrogen-bond acceptors (Lipinski definition) is 5. The molecule has 2 heterocycles. The van der Waals surface area contributed by atoms with Gasteiger partial charge in [0.1, 0.15) is 6.67 Å². The van der Waals surface area contributed by atoms with E-state index in [4.69, 9.17) is 0 Å². The molecule has 1 N–H and O–H groups in total. The number of aromatic nitrogens is 3. The number of nitrogens with one attached hydrogen (secondary N) is 1. The number of alkyl halides is 1. The average molecular weight is 242 g/mol. The molecule has 1 atom stereocenters. The van der Waals surface area contributed by atoms with Crippen molar-refractivity contribution in [2.24, 2.45) is 0 Å². The van der Waals surface area contributed by atoms with Crippen LogP contribution in [0, 0.1) is 0 Å². The van der Waals surface area contributed by atoms with Crippen LogP contribution in [0.5, 0.6) is 0 Å². The molecule has 0 spiro atoms. The van der Waals surface area contributed by atoms with Gasteiger partial charge < -0.3 is 10.1 Å². The van der Waals surface area contributed by atoms with Gasteiger partial charge in [0, 0.05) is 0 Å². The van der Waals surface area contributed by atoms with Crippen LogP contribution in [-0.2, 0) is 11.3 Å². The van der Waals surface area contributed by atoms with Gasteiger partial charge in [0.05, 0.1) is 25.4 Å². The quantitative estimate of drug-likeness (QED) is 0.777. The van der Waals surface area contributed by atoms with E-state index in [0.29, 0.717) is 5.69 Å². The van der Waals surface area contributed by atoms with Crippen LogP contribution in [0.15, 0.2) is 0 Å². The van der Waals surface area contributed by atoms with Gasteiger partial charge in [-0.1, -0.05) is 5.21 Å². The third-order valence-corrected chi connectivity index (χ3v) is 2.84. The summed E-state index contributed by atoms with van der Waals surface area (Å²) in [5, 5.41) is 10.8. The molecule has 0 radical (unpaired) electrons. The first kappa shape index (κ1) is 12.0. The Morgan fingerprint density at radius 2 is 2.53 bits per heavy atom. The minimum absolute atomic E-state index is 0.00523. The fraction of sp³-hybridized carbons (Fsp3) is 0.700. The minimum atomic E-state index is -0.538. The number of aryl methyl sites for hydroxylation is 1. The number of rotatable bonds is 4. The highest BCUT2D eigenvalue weighted by molar-refractivity contribution is 5.88. The molecule has 7 heteroatoms. The maximum Gasteiger partial charge on any atom is 0.360 e. The number of nitrogens with zero attached hydrogens (tertiary/aromatic N) is 3. The first-order valence-corrected chi connectivity index (χ1v) is 5.59. The van der Waals surface area contributed by atoms with Gasteiger partial charge in [0.2, 0.25) is 0 Å². The van der Waals surface area contributed by atoms with E-state index in [-0.39, 0.29) is 18.3 Å². The predicted molar refractivity (Wildman–Crippen MR) is 57.3 cm³/mol. The van der Waals surface area contributed by atoms with Gasteiger partial charge in [-0.3, -0.25) is 0 Å². The third kappa shape index (κ3) is 2.28. The smallest absolute Gasteiger partial charge is 0.360 e. The van der Waals surface area contributed by atoms with E-state index >= 15 is 0 Å². The van der Waals surface area contributed by atoms with E-state index in [1.807, 2.05) is 0 Å². The highest BCUT2D eigenvalue weighted by Crippen LogP contribution is 2.25. The van der Waals surface area contributed by atoms with Gasteiger partial charge in [-0.25, -0.2) is 13.9 Å². The van der Waals surface area contributed by atoms with Gasteiger partial charge in [0.15, 0.2) is 5.69 Å². The molecule has 94 valence electrons. The zero-order valence-electron chi connectivity index (χ0n) is 9.65. The van der Waals surface area contributed by atoms with Gasteiger partial charge in [-0.2, -0.15) is 0 Å². The average Bonchev–Trinajstić information content (AvgIpc) is 2.96. The molecular formula is C10H15FN4O2. The molecule has 17 heavy (non-hydrogen) atoms. The van der Waals surface area contributed by atoms with E-state index in [2.05, 4.69) is 20.4 Å². The van der Waals surface area contributed by atoms with Gasteiger partial charge in [-0.05, 0) is 19.4 Å². The molecular weight excluding hydrogens is 227 g/mol. The monoisotopic (exact) mass is 242 g/mol. The molecule has 6 nitrogen and oxygen atoms in total. The fourth-order valence-electron chi connectivity index (χ4n) is 2.07. The highest BCUT2D eigenvalue weighted by atomic mass is 19.1. The molecule has 1 aliphatic heterocycles. The Morgan fingerprint density at radius 3 is 3.12 bits per heavy atom. The van der Waals surface area contributed by atoms with E-state index in [9.17, 15) is 9.18 Å². The first-order chi connectivity index (χ1) is 8.27. The molecule has 0 aromatic carbocycles. The molecule has 1 aromatic heterocycles. The Bertz CT molecular complexity index is 401. The number of halogens is 1. The molecule has 0 saturated carbocycles. The summed E-state index contributed by atoms with van der Waals surface area (Å²) in [6.07, 6.45) is 1.91. The second-order valence-corrected chi connectivity index (χ2v) is 3.88. The maximum atomic E-state index is 12.4. The van der Waals surface area contributed by atoms with Crippen LogP contribution in [0.25, 0.3) is 0 Å². The maximum absolute atomic E-state index is 12.4. The van der Waals surface area contributed by atoms with E-state index in [1.54, 1.807) is 0 Å². The van der Waals surface area contributed by atoms with Gasteiger partial charge >= 0.3 is 5.97 Å². The summed E-state index contributed by atoms with van der Waals surface area (Å²) in [5.74, 6) is -0.529. The lowest BCUT2D eigenvalue weighted by molar-refractivity contribution is 0.0591. The zero-order valence-corrected chi connectivity index (χ0v) is 9.65. The summed E-state index contributed by atoms with van der Waals surface area (Å²) in [5.41, 5.74) is 0.812. The predicted octanol–water partition coefficient (Wildman–Crippen LogP) is 0.459. The summed E-state index contributed by atoms with van der Waals surface area (Å²) in [7, 11) is 1.29. The van der Waals surface area contributed by atoms with Crippen LogP contribution < -0.4 is 5.32 Å². The Morgan fingerprint density at radius 1 is 1.71 bits per heavy atom. The standard InChI is InChI=1S/C10H15FN4O2/c1-17-10(16)8-9(7-3-2-5-12-7)15(6-4-11)14-13-8/h7,12H,2-6H2,1H3. The number of carbonyl (C=O) groups excluding carboxylic acids is 1. The Kier molecular flexibility index (Phi) is 3.68. The molecule has 1 aromatic rings. The molecule has 1 unspecified atom stereocenters. The van der Waals surface area contributed by atoms with Crippen molar-refractivity contribution >= 4 is 5.97 Å². The number of methoxy groups -OCH3 is 1. The lowest BCUT2D eigenvalue weighted by atomic mass is 10.1. The Hall–Kier alpha value is -1.50. The summed E-state index contributed by atoms with van der Waals surface area (Å²) < 4.78 is 18.5. The van der Waals surface area contributed by atoms with Crippen molar-refractivity contribution in [2.45, 2.75) is 25.4 Å². The SMILES string of the molecule is COC(=O)c1nnn(CCF)c1C1CCCN1. The summed E-state index contributed by atoms with van der Waals surface area (Å²) in [4.78, 5) is 11.5. The van der Waals surface area contributed by atoms with E-state index < -0.39 is 12.6 Å². The Labute approximate surface area is 98.1 Å². The van der Waals surface area contributed by atoms with Crippen molar-refractivity contribution in [1.29, 1.82) is 0 Å². The lowest BCUT2D eigenvalue weighted by Crippen LogP contribution is -2.21. The zero-order chi connectivity index (χ0) is 12.3. The van der Waals surface area contributed by atoms with E-state index in [1.165, 1.54) is 11.8 Å². The molecule has 2 rings (SSSR count). The van der Waals surface area contributed by atoms with Crippen molar-refractivity contribution in [1.82, 2.24) is 20.3 Å². The van der Waals surface area contributed by atoms with E-state index in [0.717, 1.165) is 19.4 Å². The second kappa shape index (κ2) is 5.22. The highest BCUT2D eigenvalue weighted by Gasteiger charge is 2.28. The van der Waals surface area contributed by atoms with Crippen molar-refractivity contribution in [3.63, 3.8) is 0 Å². The number of esters is 1. The summed E-state index contributed by atoms with van der Waals surface area (Å²) >= 11 is 0. The molecule has 1 aliphatic rings. The van der Waals surface area contributed by atoms with Crippen molar-refractivity contribution in [3.05, 3.63) is 11.4 Å². The lowest BCUT2D eigenvalue weighted by Gasteiger charge is -2.12. The summed E-state index contributed by atoms with van der Waals surface area (Å²) in [6, 6.07) is 0.00523. The van der Waals surface area contributed by atoms with Crippen LogP contribution >= 0.6 is 0 Å². The molecule has 0 bridgehead atoms. The largest absolute Gasteiger partial charge is 0.464 e. The van der Waals surface area contributed by atoms with Crippen LogP contribution in [0.4, 0.5) is 4.39 Å². The van der Waals surface area contributed by atoms with Crippen LogP contribution in [0.1, 0.15) is 35.1 Å². The van der Waals surface area contributed by atoms with Crippen molar-refractivity contribution < 1.29 is 13.9 Å². The molecule has 0 aliphatic carbocycles. The first-order valence-electron chi connectivity index (χ1n) is 5.59. The van der Waals surface area contributed by atoms with Crippen molar-refractivity contribution in [3.8, 4) is 0 Å². The van der Waals surface area contributed by atoms with Crippen molar-refractivity contribution in [2.75, 3.05) is 20.3 Å². The molecule has 0 amide bonds. The second-order valence-electron chi connectivity index (χ2n) is 3.88.